The predicted octanol–water partition coefficient (Wildman–Crippen LogP) is 17.1. The minimum atomic E-state index is 0.510. The van der Waals surface area contributed by atoms with Crippen LogP contribution in [0.2, 0.25) is 0 Å². The first-order chi connectivity index (χ1) is 24.7. The van der Waals surface area contributed by atoms with E-state index in [-0.39, 0.29) is 0 Å². The van der Waals surface area contributed by atoms with Gasteiger partial charge >= 0.3 is 0 Å². The molecule has 0 atom stereocenters. The average molecular weight is 710 g/mol. The van der Waals surface area contributed by atoms with Crippen LogP contribution in [0.25, 0.3) is 0 Å². The normalized spacial score (nSPS) is 10.6. The first-order valence-electron chi connectivity index (χ1n) is 22.6. The quantitative estimate of drug-likeness (QED) is 0.0467. The van der Waals surface area contributed by atoms with E-state index >= 15 is 0 Å². The summed E-state index contributed by atoms with van der Waals surface area (Å²) in [6.45, 7) is 8.33. The Morgan fingerprint density at radius 1 is 0.200 bits per heavy atom. The number of hydrogen-bond acceptors (Lipinski definition) is 6. The maximum atomic E-state index is 9.90. The van der Waals surface area contributed by atoms with Crippen molar-refractivity contribution in [2.24, 2.45) is 15.5 Å². The van der Waals surface area contributed by atoms with E-state index in [1.165, 1.54) is 225 Å². The van der Waals surface area contributed by atoms with Gasteiger partial charge in [0.25, 0.3) is 0 Å². The molecular weight excluding hydrogens is 619 g/mol. The molecule has 300 valence electrons. The van der Waals surface area contributed by atoms with Gasteiger partial charge < -0.3 is 0 Å². The first-order valence-corrected chi connectivity index (χ1v) is 22.6. The summed E-state index contributed by atoms with van der Waals surface area (Å²) in [7, 11) is 0. The van der Waals surface area contributed by atoms with E-state index in [1.54, 1.807) is 0 Å². The Hall–Kier alpha value is -1.20. The highest BCUT2D eigenvalue weighted by Gasteiger charge is 1.96. The van der Waals surface area contributed by atoms with E-state index in [9.17, 15) is 14.7 Å². The SMILES string of the molecule is CCCCCCCCCCCCCCCCCCN=O.CCCCCCCCCCCCCCN=O.CCCCCCCCCCCCN=O. The molecule has 0 fully saturated rings. The minimum absolute atomic E-state index is 0.510. The van der Waals surface area contributed by atoms with E-state index in [0.717, 1.165) is 19.3 Å². The number of nitrogens with zero attached hydrogens (tertiary/aromatic N) is 3. The molecule has 0 heterocycles. The Balaban J connectivity index is -0.000000675. The molecule has 0 aromatic rings. The summed E-state index contributed by atoms with van der Waals surface area (Å²) in [6, 6.07) is 0. The summed E-state index contributed by atoms with van der Waals surface area (Å²) in [5, 5.41) is 8.61. The fraction of sp³-hybridized carbons (Fsp3) is 1.00. The lowest BCUT2D eigenvalue weighted by Gasteiger charge is -2.03. The Labute approximate surface area is 314 Å². The molecule has 0 radical (unpaired) electrons. The molecule has 6 nitrogen and oxygen atoms in total. The van der Waals surface area contributed by atoms with Crippen LogP contribution in [-0.4, -0.2) is 19.6 Å². The molecule has 0 bridgehead atoms. The number of unbranched alkanes of at least 4 members (excludes halogenated alkanes) is 35. The minimum Gasteiger partial charge on any atom is -0.151 e. The summed E-state index contributed by atoms with van der Waals surface area (Å²) in [6.07, 6.45) is 51.0. The van der Waals surface area contributed by atoms with E-state index in [4.69, 9.17) is 0 Å². The van der Waals surface area contributed by atoms with Crippen molar-refractivity contribution < 1.29 is 0 Å². The Bertz CT molecular complexity index is 591. The van der Waals surface area contributed by atoms with Crippen molar-refractivity contribution in [1.29, 1.82) is 0 Å². The van der Waals surface area contributed by atoms with Crippen LogP contribution in [0, 0.1) is 14.7 Å². The van der Waals surface area contributed by atoms with Crippen LogP contribution in [0.15, 0.2) is 15.5 Å². The summed E-state index contributed by atoms with van der Waals surface area (Å²) >= 11 is 0. The Morgan fingerprint density at radius 3 is 0.440 bits per heavy atom. The van der Waals surface area contributed by atoms with Crippen molar-refractivity contribution in [3.05, 3.63) is 14.7 Å². The van der Waals surface area contributed by atoms with Crippen LogP contribution >= 0.6 is 0 Å². The second kappa shape index (κ2) is 57.2. The van der Waals surface area contributed by atoms with Crippen LogP contribution in [0.5, 0.6) is 0 Å². The second-order valence-electron chi connectivity index (χ2n) is 14.9. The van der Waals surface area contributed by atoms with E-state index in [1.807, 2.05) is 0 Å². The Kier molecular flexibility index (Phi) is 60.8. The number of hydrogen-bond donors (Lipinski definition) is 0. The van der Waals surface area contributed by atoms with Crippen LogP contribution in [0.1, 0.15) is 265 Å². The largest absolute Gasteiger partial charge is 0.151 e. The zero-order valence-corrected chi connectivity index (χ0v) is 34.6. The lowest BCUT2D eigenvalue weighted by molar-refractivity contribution is 0.530. The zero-order chi connectivity index (χ0) is 37.1. The molecule has 0 N–H and O–H groups in total. The third-order valence-electron chi connectivity index (χ3n) is 9.81. The molecule has 0 aliphatic carbocycles. The molecule has 0 amide bonds. The van der Waals surface area contributed by atoms with Gasteiger partial charge in [0, 0.05) is 0 Å². The lowest BCUT2D eigenvalue weighted by atomic mass is 10.0. The standard InChI is InChI=1S/C18H37NO.C14H29NO.C12H25NO/c1-2-3-4-5-6-7-8-9-10-11-12-13-14-15-16-17-18-19-20;1-2-3-4-5-6-7-8-9-10-11-12-13-14-15-16;1-2-3-4-5-6-7-8-9-10-11-12-13-14/h2-18H2,1H3;2-14H2,1H3;2-12H2,1H3. The zero-order valence-electron chi connectivity index (χ0n) is 34.6. The number of nitroso groups, excluding NO2 is 3. The van der Waals surface area contributed by atoms with E-state index in [0.29, 0.717) is 19.6 Å². The van der Waals surface area contributed by atoms with E-state index < -0.39 is 0 Å². The third-order valence-corrected chi connectivity index (χ3v) is 9.81. The molecule has 0 saturated carbocycles. The highest BCUT2D eigenvalue weighted by atomic mass is 16.3. The molecule has 50 heavy (non-hydrogen) atoms. The van der Waals surface area contributed by atoms with Gasteiger partial charge in [-0.2, -0.15) is 14.7 Å². The maximum absolute atomic E-state index is 9.90. The van der Waals surface area contributed by atoms with Gasteiger partial charge in [0.15, 0.2) is 0 Å². The van der Waals surface area contributed by atoms with Crippen molar-refractivity contribution in [3.8, 4) is 0 Å². The first kappa shape index (κ1) is 53.2. The summed E-state index contributed by atoms with van der Waals surface area (Å²) < 4.78 is 0. The van der Waals surface area contributed by atoms with Gasteiger partial charge in [-0.25, -0.2) is 0 Å². The van der Waals surface area contributed by atoms with Gasteiger partial charge in [0.1, 0.15) is 0 Å². The van der Waals surface area contributed by atoms with Crippen LogP contribution < -0.4 is 0 Å². The molecule has 0 rings (SSSR count). The molecule has 0 aliphatic heterocycles. The van der Waals surface area contributed by atoms with Gasteiger partial charge in [-0.05, 0) is 19.3 Å². The van der Waals surface area contributed by atoms with Crippen molar-refractivity contribution in [1.82, 2.24) is 0 Å². The van der Waals surface area contributed by atoms with Crippen molar-refractivity contribution in [2.45, 2.75) is 265 Å². The van der Waals surface area contributed by atoms with Gasteiger partial charge in [0.05, 0.1) is 19.6 Å². The second-order valence-corrected chi connectivity index (χ2v) is 14.9. The summed E-state index contributed by atoms with van der Waals surface area (Å²) in [5.74, 6) is 0. The Morgan fingerprint density at radius 2 is 0.320 bits per heavy atom. The van der Waals surface area contributed by atoms with Gasteiger partial charge in [-0.1, -0.05) is 261 Å². The highest BCUT2D eigenvalue weighted by Crippen LogP contribution is 2.15. The van der Waals surface area contributed by atoms with Crippen LogP contribution in [0.4, 0.5) is 0 Å². The highest BCUT2D eigenvalue weighted by molar-refractivity contribution is 4.52. The van der Waals surface area contributed by atoms with Crippen molar-refractivity contribution in [3.63, 3.8) is 0 Å². The molecule has 0 aliphatic rings. The average Bonchev–Trinajstić information content (AvgIpc) is 3.13. The van der Waals surface area contributed by atoms with Gasteiger partial charge in [-0.15, -0.1) is 0 Å². The van der Waals surface area contributed by atoms with Crippen LogP contribution in [-0.2, 0) is 0 Å². The smallest absolute Gasteiger partial charge is 0.0811 e. The van der Waals surface area contributed by atoms with Crippen molar-refractivity contribution >= 4 is 0 Å². The lowest BCUT2D eigenvalue weighted by Crippen LogP contribution is -1.84. The number of rotatable bonds is 41. The molecule has 6 heteroatoms. The fourth-order valence-corrected chi connectivity index (χ4v) is 6.41. The molecule has 0 unspecified atom stereocenters. The molecule has 0 saturated heterocycles. The molecule has 0 spiro atoms. The molecule has 0 aromatic heterocycles. The van der Waals surface area contributed by atoms with E-state index in [2.05, 4.69) is 36.3 Å². The fourth-order valence-electron chi connectivity index (χ4n) is 6.41. The van der Waals surface area contributed by atoms with Crippen LogP contribution in [0.3, 0.4) is 0 Å². The van der Waals surface area contributed by atoms with Gasteiger partial charge in [-0.3, -0.25) is 0 Å². The molecule has 0 aromatic carbocycles. The van der Waals surface area contributed by atoms with Crippen molar-refractivity contribution in [2.75, 3.05) is 19.6 Å². The maximum Gasteiger partial charge on any atom is 0.0811 e. The summed E-state index contributed by atoms with van der Waals surface area (Å²) in [5.41, 5.74) is 0. The monoisotopic (exact) mass is 710 g/mol. The predicted molar refractivity (Wildman–Crippen MR) is 224 cm³/mol. The summed E-state index contributed by atoms with van der Waals surface area (Å²) in [4.78, 5) is 29.5. The van der Waals surface area contributed by atoms with Gasteiger partial charge in [0.2, 0.25) is 0 Å². The molecular formula is C44H91N3O3. The third kappa shape index (κ3) is 62.0. The topological polar surface area (TPSA) is 88.3 Å².